The molecule has 0 atom stereocenters. The number of anilines is 1. The zero-order chi connectivity index (χ0) is 23.7. The van der Waals surface area contributed by atoms with Gasteiger partial charge < -0.3 is 14.9 Å². The summed E-state index contributed by atoms with van der Waals surface area (Å²) < 4.78 is 32.5. The molecule has 10 nitrogen and oxygen atoms in total. The van der Waals surface area contributed by atoms with Gasteiger partial charge in [-0.25, -0.2) is 22.7 Å². The van der Waals surface area contributed by atoms with E-state index in [0.717, 1.165) is 4.31 Å². The van der Waals surface area contributed by atoms with Gasteiger partial charge >= 0.3 is 11.9 Å². The number of ether oxygens (including phenoxy) is 1. The van der Waals surface area contributed by atoms with Crippen LogP contribution in [0.15, 0.2) is 36.5 Å². The second-order valence-corrected chi connectivity index (χ2v) is 10.1. The normalized spacial score (nSPS) is 14.2. The Morgan fingerprint density at radius 3 is 2.22 bits per heavy atom. The molecule has 0 unspecified atom stereocenters. The summed E-state index contributed by atoms with van der Waals surface area (Å²) in [7, 11) is -2.32. The molecule has 1 aliphatic rings. The first-order valence-electron chi connectivity index (χ1n) is 10.00. The number of hydrogen-bond acceptors (Lipinski definition) is 7. The average Bonchev–Trinajstić information content (AvgIpc) is 3.58. The monoisotopic (exact) mass is 463 g/mol. The number of nitrogens with zero attached hydrogens (tertiary/aromatic N) is 3. The highest BCUT2D eigenvalue weighted by Crippen LogP contribution is 2.36. The van der Waals surface area contributed by atoms with E-state index in [1.807, 2.05) is 0 Å². The fourth-order valence-corrected chi connectivity index (χ4v) is 5.24. The second kappa shape index (κ2) is 8.73. The lowest BCUT2D eigenvalue weighted by Crippen LogP contribution is -2.49. The first-order valence-corrected chi connectivity index (χ1v) is 11.5. The molecule has 1 fully saturated rings. The van der Waals surface area contributed by atoms with Gasteiger partial charge in [-0.15, -0.1) is 0 Å². The van der Waals surface area contributed by atoms with E-state index in [1.54, 1.807) is 24.3 Å². The van der Waals surface area contributed by atoms with Gasteiger partial charge in [0.15, 0.2) is 0 Å². The predicted molar refractivity (Wildman–Crippen MR) is 115 cm³/mol. The van der Waals surface area contributed by atoms with Gasteiger partial charge in [-0.3, -0.25) is 9.59 Å². The van der Waals surface area contributed by atoms with Crippen molar-refractivity contribution in [2.45, 2.75) is 43.9 Å². The van der Waals surface area contributed by atoms with Gasteiger partial charge in [-0.05, 0) is 42.5 Å². The number of rotatable bonds is 10. The Morgan fingerprint density at radius 1 is 1.16 bits per heavy atom. The van der Waals surface area contributed by atoms with E-state index in [9.17, 15) is 28.2 Å². The van der Waals surface area contributed by atoms with Gasteiger partial charge in [0.05, 0.1) is 24.6 Å². The van der Waals surface area contributed by atoms with Crippen LogP contribution in [-0.2, 0) is 31.6 Å². The molecule has 0 bridgehead atoms. The van der Waals surface area contributed by atoms with Crippen LogP contribution in [0.2, 0.25) is 0 Å². The number of sulfonamides is 1. The van der Waals surface area contributed by atoms with Crippen LogP contribution < -0.4 is 9.04 Å². The molecule has 32 heavy (non-hydrogen) atoms. The summed E-state index contributed by atoms with van der Waals surface area (Å²) in [5, 5.41) is 19.0. The average molecular weight is 464 g/mol. The highest BCUT2D eigenvalue weighted by molar-refractivity contribution is 7.93. The van der Waals surface area contributed by atoms with Crippen LogP contribution in [0.4, 0.5) is 5.95 Å². The minimum absolute atomic E-state index is 0.0961. The van der Waals surface area contributed by atoms with Gasteiger partial charge in [-0.1, -0.05) is 26.0 Å². The lowest BCUT2D eigenvalue weighted by Gasteiger charge is -2.29. The third kappa shape index (κ3) is 4.12. The van der Waals surface area contributed by atoms with Crippen molar-refractivity contribution in [1.82, 2.24) is 9.97 Å². The van der Waals surface area contributed by atoms with E-state index >= 15 is 0 Å². The smallest absolute Gasteiger partial charge is 0.327 e. The Hall–Kier alpha value is -3.21. The molecule has 1 heterocycles. The van der Waals surface area contributed by atoms with Gasteiger partial charge in [0.2, 0.25) is 21.4 Å². The fraction of sp³-hybridized carbons (Fsp3) is 0.429. The zero-order valence-electron chi connectivity index (χ0n) is 17.9. The highest BCUT2D eigenvalue weighted by atomic mass is 32.2. The Bertz CT molecular complexity index is 1100. The molecule has 0 amide bonds. The van der Waals surface area contributed by atoms with Gasteiger partial charge in [-0.2, -0.15) is 0 Å². The maximum atomic E-state index is 13.2. The molecule has 0 spiro atoms. The molecule has 1 aromatic heterocycles. The van der Waals surface area contributed by atoms with Crippen molar-refractivity contribution in [2.75, 3.05) is 11.4 Å². The SMILES string of the molecule is COc1ccc(CN(c2nccc(C(C(=O)O)(C(=O)O)C(C)C)n2)S(=O)(=O)C2CC2)cc1. The first-order chi connectivity index (χ1) is 15.0. The van der Waals surface area contributed by atoms with Crippen LogP contribution in [0.1, 0.15) is 37.9 Å². The van der Waals surface area contributed by atoms with Gasteiger partial charge in [0.25, 0.3) is 0 Å². The molecular weight excluding hydrogens is 438 g/mol. The number of carboxylic acid groups (broad SMARTS) is 2. The lowest BCUT2D eigenvalue weighted by molar-refractivity contribution is -0.160. The van der Waals surface area contributed by atoms with Crippen molar-refractivity contribution in [3.8, 4) is 5.75 Å². The number of hydrogen-bond donors (Lipinski definition) is 2. The highest BCUT2D eigenvalue weighted by Gasteiger charge is 2.53. The molecule has 3 rings (SSSR count). The molecule has 172 valence electrons. The fourth-order valence-electron chi connectivity index (χ4n) is 3.51. The van der Waals surface area contributed by atoms with Crippen LogP contribution in [0.5, 0.6) is 5.75 Å². The van der Waals surface area contributed by atoms with E-state index in [4.69, 9.17) is 4.74 Å². The largest absolute Gasteiger partial charge is 0.497 e. The third-order valence-electron chi connectivity index (χ3n) is 5.55. The van der Waals surface area contributed by atoms with E-state index in [-0.39, 0.29) is 18.2 Å². The third-order valence-corrected chi connectivity index (χ3v) is 7.77. The van der Waals surface area contributed by atoms with Crippen molar-refractivity contribution in [2.24, 2.45) is 5.92 Å². The van der Waals surface area contributed by atoms with Crippen LogP contribution in [0.3, 0.4) is 0 Å². The molecule has 1 aliphatic carbocycles. The van der Waals surface area contributed by atoms with Gasteiger partial charge in [0, 0.05) is 6.20 Å². The predicted octanol–water partition coefficient (Wildman–Crippen LogP) is 2.05. The summed E-state index contributed by atoms with van der Waals surface area (Å²) in [6.45, 7) is 2.82. The molecule has 0 saturated heterocycles. The summed E-state index contributed by atoms with van der Waals surface area (Å²) in [5.41, 5.74) is -2.01. The minimum atomic E-state index is -3.84. The minimum Gasteiger partial charge on any atom is -0.497 e. The maximum absolute atomic E-state index is 13.2. The Balaban J connectivity index is 2.11. The molecule has 0 aliphatic heterocycles. The molecule has 2 aromatic rings. The van der Waals surface area contributed by atoms with Crippen molar-refractivity contribution in [1.29, 1.82) is 0 Å². The molecular formula is C21H25N3O7S. The molecule has 0 radical (unpaired) electrons. The molecule has 11 heteroatoms. The van der Waals surface area contributed by atoms with Crippen molar-refractivity contribution < 1.29 is 33.0 Å². The molecule has 1 aromatic carbocycles. The number of carboxylic acids is 2. The zero-order valence-corrected chi connectivity index (χ0v) is 18.7. The van der Waals surface area contributed by atoms with E-state index < -0.39 is 38.5 Å². The van der Waals surface area contributed by atoms with E-state index in [2.05, 4.69) is 9.97 Å². The molecule has 1 saturated carbocycles. The number of methoxy groups -OCH3 is 1. The van der Waals surface area contributed by atoms with Crippen molar-refractivity contribution in [3.63, 3.8) is 0 Å². The second-order valence-electron chi connectivity index (χ2n) is 7.91. The van der Waals surface area contributed by atoms with Crippen LogP contribution >= 0.6 is 0 Å². The van der Waals surface area contributed by atoms with Crippen LogP contribution in [-0.4, -0.2) is 52.9 Å². The van der Waals surface area contributed by atoms with Crippen LogP contribution in [0.25, 0.3) is 0 Å². The van der Waals surface area contributed by atoms with E-state index in [1.165, 1.54) is 33.2 Å². The summed E-state index contributed by atoms with van der Waals surface area (Å²) in [6, 6.07) is 7.97. The van der Waals surface area contributed by atoms with Gasteiger partial charge in [0.1, 0.15) is 5.75 Å². The number of carbonyl (C=O) groups is 2. The maximum Gasteiger partial charge on any atom is 0.327 e. The number of aliphatic carboxylic acids is 2. The van der Waals surface area contributed by atoms with Crippen molar-refractivity contribution in [3.05, 3.63) is 47.8 Å². The Morgan fingerprint density at radius 2 is 1.75 bits per heavy atom. The van der Waals surface area contributed by atoms with Crippen molar-refractivity contribution >= 4 is 27.9 Å². The summed E-state index contributed by atoms with van der Waals surface area (Å²) >= 11 is 0. The Labute approximate surface area is 185 Å². The Kier molecular flexibility index (Phi) is 6.40. The van der Waals surface area contributed by atoms with Crippen LogP contribution in [0, 0.1) is 5.92 Å². The molecule has 2 N–H and O–H groups in total. The summed E-state index contributed by atoms with van der Waals surface area (Å²) in [6.07, 6.45) is 2.19. The summed E-state index contributed by atoms with van der Waals surface area (Å²) in [5.74, 6) is -3.70. The summed E-state index contributed by atoms with van der Waals surface area (Å²) in [4.78, 5) is 32.4. The number of aromatic nitrogens is 2. The lowest BCUT2D eigenvalue weighted by atomic mass is 9.74. The standard InChI is InChI=1S/C21H25N3O7S/c1-13(2)21(18(25)26,19(27)28)17-10-11-22-20(23-17)24(32(29,30)16-8-9-16)12-14-4-6-15(31-3)7-5-14/h4-7,10-11,13,16H,8-9,12H2,1-3H3,(H,25,26)(H,27,28). The first kappa shape index (κ1) is 23.5. The number of benzene rings is 1. The topological polar surface area (TPSA) is 147 Å². The van der Waals surface area contributed by atoms with E-state index in [0.29, 0.717) is 24.2 Å². The quantitative estimate of drug-likeness (QED) is 0.505.